The van der Waals surface area contributed by atoms with Crippen LogP contribution in [0.1, 0.15) is 28.3 Å². The number of hydrogen-bond donors (Lipinski definition) is 2. The van der Waals surface area contributed by atoms with Gasteiger partial charge in [0.05, 0.1) is 11.1 Å². The molecule has 0 spiro atoms. The first-order chi connectivity index (χ1) is 9.04. The van der Waals surface area contributed by atoms with E-state index in [4.69, 9.17) is 17.4 Å². The first kappa shape index (κ1) is 14.0. The molecular formula is C15H16ClFN2. The van der Waals surface area contributed by atoms with Gasteiger partial charge in [0.2, 0.25) is 0 Å². The zero-order valence-electron chi connectivity index (χ0n) is 10.9. The van der Waals surface area contributed by atoms with Gasteiger partial charge in [0.15, 0.2) is 0 Å². The second-order valence-corrected chi connectivity index (χ2v) is 5.01. The topological polar surface area (TPSA) is 38.0 Å². The van der Waals surface area contributed by atoms with E-state index in [0.29, 0.717) is 5.56 Å². The van der Waals surface area contributed by atoms with Crippen LogP contribution in [0.3, 0.4) is 0 Å². The molecule has 0 aliphatic heterocycles. The summed E-state index contributed by atoms with van der Waals surface area (Å²) in [5, 5.41) is 0.100. The predicted octanol–water partition coefficient (Wildman–Crippen LogP) is 3.65. The Morgan fingerprint density at radius 2 is 1.89 bits per heavy atom. The van der Waals surface area contributed by atoms with Gasteiger partial charge in [-0.2, -0.15) is 0 Å². The fourth-order valence-corrected chi connectivity index (χ4v) is 2.34. The Hall–Kier alpha value is -1.42. The van der Waals surface area contributed by atoms with Crippen LogP contribution in [0, 0.1) is 19.7 Å². The number of hydrazine groups is 1. The lowest BCUT2D eigenvalue weighted by molar-refractivity contribution is 0.559. The minimum atomic E-state index is -0.437. The third kappa shape index (κ3) is 2.78. The van der Waals surface area contributed by atoms with E-state index >= 15 is 0 Å². The highest BCUT2D eigenvalue weighted by Gasteiger charge is 2.19. The molecule has 0 radical (unpaired) electrons. The van der Waals surface area contributed by atoms with Crippen LogP contribution >= 0.6 is 11.6 Å². The van der Waals surface area contributed by atoms with Crippen molar-refractivity contribution in [1.29, 1.82) is 0 Å². The molecule has 0 saturated heterocycles. The summed E-state index contributed by atoms with van der Waals surface area (Å²) >= 11 is 5.83. The van der Waals surface area contributed by atoms with Gasteiger partial charge < -0.3 is 0 Å². The van der Waals surface area contributed by atoms with E-state index in [9.17, 15) is 4.39 Å². The smallest absolute Gasteiger partial charge is 0.146 e. The van der Waals surface area contributed by atoms with Crippen LogP contribution in [0.25, 0.3) is 0 Å². The molecule has 2 aromatic rings. The lowest BCUT2D eigenvalue weighted by atomic mass is 9.94. The number of nitrogens with one attached hydrogen (secondary N) is 1. The Morgan fingerprint density at radius 1 is 1.16 bits per heavy atom. The second-order valence-electron chi connectivity index (χ2n) is 4.60. The first-order valence-corrected chi connectivity index (χ1v) is 6.39. The molecule has 2 aromatic carbocycles. The molecule has 0 heterocycles. The second kappa shape index (κ2) is 5.70. The first-order valence-electron chi connectivity index (χ1n) is 6.01. The Labute approximate surface area is 117 Å². The molecule has 1 unspecified atom stereocenters. The highest BCUT2D eigenvalue weighted by molar-refractivity contribution is 6.30. The molecule has 0 aliphatic rings. The standard InChI is InChI=1S/C15H16ClFN2/c1-9-6-7-10(2)12(8-9)15(19-18)11-4-3-5-13(16)14(11)17/h3-8,15,19H,18H2,1-2H3. The van der Waals surface area contributed by atoms with E-state index in [1.165, 1.54) is 6.07 Å². The van der Waals surface area contributed by atoms with Gasteiger partial charge in [0.1, 0.15) is 5.82 Å². The zero-order valence-corrected chi connectivity index (χ0v) is 11.6. The van der Waals surface area contributed by atoms with Gasteiger partial charge in [-0.25, -0.2) is 9.82 Å². The lowest BCUT2D eigenvalue weighted by Gasteiger charge is -2.20. The molecule has 0 aliphatic carbocycles. The summed E-state index contributed by atoms with van der Waals surface area (Å²) in [5.74, 6) is 5.18. The van der Waals surface area contributed by atoms with Crippen molar-refractivity contribution in [3.05, 3.63) is 69.5 Å². The molecule has 100 valence electrons. The number of nitrogens with two attached hydrogens (primary N) is 1. The van der Waals surface area contributed by atoms with Crippen molar-refractivity contribution in [2.45, 2.75) is 19.9 Å². The average molecular weight is 279 g/mol. The van der Waals surface area contributed by atoms with E-state index < -0.39 is 11.9 Å². The van der Waals surface area contributed by atoms with Gasteiger partial charge in [-0.05, 0) is 31.0 Å². The SMILES string of the molecule is Cc1ccc(C)c(C(NN)c2cccc(Cl)c2F)c1. The Morgan fingerprint density at radius 3 is 2.58 bits per heavy atom. The fourth-order valence-electron chi connectivity index (χ4n) is 2.16. The molecule has 0 aromatic heterocycles. The lowest BCUT2D eigenvalue weighted by Crippen LogP contribution is -2.30. The maximum atomic E-state index is 14.1. The fraction of sp³-hybridized carbons (Fsp3) is 0.200. The minimum absolute atomic E-state index is 0.100. The summed E-state index contributed by atoms with van der Waals surface area (Å²) < 4.78 is 14.1. The van der Waals surface area contributed by atoms with E-state index in [-0.39, 0.29) is 5.02 Å². The predicted molar refractivity (Wildman–Crippen MR) is 76.5 cm³/mol. The van der Waals surface area contributed by atoms with Crippen molar-refractivity contribution in [2.24, 2.45) is 5.84 Å². The Bertz CT molecular complexity index is 597. The molecule has 19 heavy (non-hydrogen) atoms. The minimum Gasteiger partial charge on any atom is -0.271 e. The van der Waals surface area contributed by atoms with Crippen molar-refractivity contribution >= 4 is 11.6 Å². The normalized spacial score (nSPS) is 12.5. The molecule has 0 saturated carbocycles. The zero-order chi connectivity index (χ0) is 14.0. The van der Waals surface area contributed by atoms with Crippen LogP contribution < -0.4 is 11.3 Å². The summed E-state index contributed by atoms with van der Waals surface area (Å²) in [6.45, 7) is 3.96. The summed E-state index contributed by atoms with van der Waals surface area (Å²) in [7, 11) is 0. The number of hydrogen-bond acceptors (Lipinski definition) is 2. The van der Waals surface area contributed by atoms with Crippen molar-refractivity contribution in [3.63, 3.8) is 0 Å². The third-order valence-corrected chi connectivity index (χ3v) is 3.50. The number of rotatable bonds is 3. The summed E-state index contributed by atoms with van der Waals surface area (Å²) in [6, 6.07) is 10.5. The molecule has 0 fully saturated rings. The van der Waals surface area contributed by atoms with Gasteiger partial charge in [-0.1, -0.05) is 47.5 Å². The van der Waals surface area contributed by atoms with Gasteiger partial charge in [-0.15, -0.1) is 0 Å². The molecule has 0 bridgehead atoms. The van der Waals surface area contributed by atoms with E-state index in [1.54, 1.807) is 12.1 Å². The molecular weight excluding hydrogens is 263 g/mol. The Balaban J connectivity index is 2.56. The van der Waals surface area contributed by atoms with Crippen LogP contribution in [0.5, 0.6) is 0 Å². The molecule has 1 atom stereocenters. The van der Waals surface area contributed by atoms with Gasteiger partial charge in [0, 0.05) is 5.56 Å². The highest BCUT2D eigenvalue weighted by Crippen LogP contribution is 2.29. The highest BCUT2D eigenvalue weighted by atomic mass is 35.5. The number of benzene rings is 2. The van der Waals surface area contributed by atoms with Crippen molar-refractivity contribution in [1.82, 2.24) is 5.43 Å². The molecule has 2 nitrogen and oxygen atoms in total. The van der Waals surface area contributed by atoms with Crippen LogP contribution in [0.15, 0.2) is 36.4 Å². The van der Waals surface area contributed by atoms with Gasteiger partial charge in [-0.3, -0.25) is 5.84 Å². The van der Waals surface area contributed by atoms with E-state index in [1.807, 2.05) is 32.0 Å². The largest absolute Gasteiger partial charge is 0.271 e. The van der Waals surface area contributed by atoms with Crippen molar-refractivity contribution < 1.29 is 4.39 Å². The third-order valence-electron chi connectivity index (χ3n) is 3.20. The molecule has 0 amide bonds. The molecule has 4 heteroatoms. The van der Waals surface area contributed by atoms with Crippen molar-refractivity contribution in [3.8, 4) is 0 Å². The monoisotopic (exact) mass is 278 g/mol. The molecule has 3 N–H and O–H groups in total. The number of aryl methyl sites for hydroxylation is 2. The van der Waals surface area contributed by atoms with Crippen LogP contribution in [-0.2, 0) is 0 Å². The van der Waals surface area contributed by atoms with E-state index in [2.05, 4.69) is 5.43 Å². The van der Waals surface area contributed by atoms with Crippen LogP contribution in [0.2, 0.25) is 5.02 Å². The van der Waals surface area contributed by atoms with Crippen LogP contribution in [0.4, 0.5) is 4.39 Å². The maximum Gasteiger partial charge on any atom is 0.146 e. The van der Waals surface area contributed by atoms with Gasteiger partial charge >= 0.3 is 0 Å². The average Bonchev–Trinajstić information content (AvgIpc) is 2.39. The van der Waals surface area contributed by atoms with Gasteiger partial charge in [0.25, 0.3) is 0 Å². The summed E-state index contributed by atoms with van der Waals surface area (Å²) in [5.41, 5.74) is 6.22. The quantitative estimate of drug-likeness (QED) is 0.664. The van der Waals surface area contributed by atoms with E-state index in [0.717, 1.165) is 16.7 Å². The summed E-state index contributed by atoms with van der Waals surface area (Å²) in [6.07, 6.45) is 0. The van der Waals surface area contributed by atoms with Crippen LogP contribution in [-0.4, -0.2) is 0 Å². The number of halogens is 2. The maximum absolute atomic E-state index is 14.1. The Kier molecular flexibility index (Phi) is 4.20. The van der Waals surface area contributed by atoms with Crippen molar-refractivity contribution in [2.75, 3.05) is 0 Å². The summed E-state index contributed by atoms with van der Waals surface area (Å²) in [4.78, 5) is 0. The molecule has 2 rings (SSSR count).